The Kier molecular flexibility index (Phi) is 4.81. The number of amides is 1. The molecule has 1 rings (SSSR count). The Morgan fingerprint density at radius 2 is 1.88 bits per heavy atom. The van der Waals surface area contributed by atoms with E-state index in [4.69, 9.17) is 11.6 Å². The van der Waals surface area contributed by atoms with Crippen molar-refractivity contribution in [1.82, 2.24) is 4.90 Å². The first-order valence-electron chi connectivity index (χ1n) is 5.59. The SMILES string of the molecule is CCN(CC(C)C)C(=O)c1ccc(Cl)cc1. The minimum Gasteiger partial charge on any atom is -0.339 e. The van der Waals surface area contributed by atoms with Crippen LogP contribution in [-0.2, 0) is 0 Å². The Balaban J connectivity index is 2.78. The van der Waals surface area contributed by atoms with Gasteiger partial charge in [0.25, 0.3) is 5.91 Å². The van der Waals surface area contributed by atoms with Crippen LogP contribution in [0.5, 0.6) is 0 Å². The van der Waals surface area contributed by atoms with Crippen LogP contribution in [0.1, 0.15) is 31.1 Å². The van der Waals surface area contributed by atoms with E-state index in [0.29, 0.717) is 16.5 Å². The Labute approximate surface area is 102 Å². The summed E-state index contributed by atoms with van der Waals surface area (Å²) in [5, 5.41) is 0.656. The predicted molar refractivity (Wildman–Crippen MR) is 67.9 cm³/mol. The minimum absolute atomic E-state index is 0.0767. The van der Waals surface area contributed by atoms with Gasteiger partial charge in [-0.15, -0.1) is 0 Å². The summed E-state index contributed by atoms with van der Waals surface area (Å²) in [4.78, 5) is 14.0. The maximum absolute atomic E-state index is 12.1. The van der Waals surface area contributed by atoms with Crippen LogP contribution in [-0.4, -0.2) is 23.9 Å². The monoisotopic (exact) mass is 239 g/mol. The largest absolute Gasteiger partial charge is 0.339 e. The van der Waals surface area contributed by atoms with Crippen molar-refractivity contribution in [2.45, 2.75) is 20.8 Å². The first-order valence-corrected chi connectivity index (χ1v) is 5.97. The summed E-state index contributed by atoms with van der Waals surface area (Å²) in [7, 11) is 0. The normalized spacial score (nSPS) is 10.6. The predicted octanol–water partition coefficient (Wildman–Crippen LogP) is 3.46. The molecule has 0 saturated carbocycles. The van der Waals surface area contributed by atoms with Gasteiger partial charge in [-0.2, -0.15) is 0 Å². The molecule has 0 N–H and O–H groups in total. The zero-order chi connectivity index (χ0) is 12.1. The molecule has 0 radical (unpaired) electrons. The van der Waals surface area contributed by atoms with Crippen molar-refractivity contribution < 1.29 is 4.79 Å². The van der Waals surface area contributed by atoms with E-state index >= 15 is 0 Å². The van der Waals surface area contributed by atoms with E-state index in [2.05, 4.69) is 13.8 Å². The standard InChI is InChI=1S/C13H18ClNO/c1-4-15(9-10(2)3)13(16)11-5-7-12(14)8-6-11/h5-8,10H,4,9H2,1-3H3. The minimum atomic E-state index is 0.0767. The van der Waals surface area contributed by atoms with Gasteiger partial charge in [-0.05, 0) is 37.1 Å². The van der Waals surface area contributed by atoms with Crippen LogP contribution in [0.2, 0.25) is 5.02 Å². The topological polar surface area (TPSA) is 20.3 Å². The molecule has 1 aromatic carbocycles. The van der Waals surface area contributed by atoms with Gasteiger partial charge in [0.1, 0.15) is 0 Å². The molecule has 0 bridgehead atoms. The molecule has 88 valence electrons. The van der Waals surface area contributed by atoms with Crippen molar-refractivity contribution >= 4 is 17.5 Å². The van der Waals surface area contributed by atoms with Gasteiger partial charge in [0.2, 0.25) is 0 Å². The zero-order valence-electron chi connectivity index (χ0n) is 10.0. The molecule has 2 nitrogen and oxygen atoms in total. The molecule has 0 saturated heterocycles. The van der Waals surface area contributed by atoms with E-state index in [-0.39, 0.29) is 5.91 Å². The summed E-state index contributed by atoms with van der Waals surface area (Å²) < 4.78 is 0. The summed E-state index contributed by atoms with van der Waals surface area (Å²) in [6.45, 7) is 7.74. The van der Waals surface area contributed by atoms with E-state index in [1.165, 1.54) is 0 Å². The van der Waals surface area contributed by atoms with Gasteiger partial charge in [0.15, 0.2) is 0 Å². The second-order valence-electron chi connectivity index (χ2n) is 4.24. The molecule has 0 aromatic heterocycles. The van der Waals surface area contributed by atoms with Crippen LogP contribution < -0.4 is 0 Å². The molecular weight excluding hydrogens is 222 g/mol. The summed E-state index contributed by atoms with van der Waals surface area (Å²) in [5.41, 5.74) is 0.701. The lowest BCUT2D eigenvalue weighted by Gasteiger charge is -2.22. The highest BCUT2D eigenvalue weighted by Crippen LogP contribution is 2.12. The Morgan fingerprint density at radius 3 is 2.31 bits per heavy atom. The average molecular weight is 240 g/mol. The maximum atomic E-state index is 12.1. The number of hydrogen-bond acceptors (Lipinski definition) is 1. The molecular formula is C13H18ClNO. The highest BCUT2D eigenvalue weighted by atomic mass is 35.5. The van der Waals surface area contributed by atoms with Gasteiger partial charge in [-0.1, -0.05) is 25.4 Å². The highest BCUT2D eigenvalue weighted by molar-refractivity contribution is 6.30. The van der Waals surface area contributed by atoms with Gasteiger partial charge in [0.05, 0.1) is 0 Å². The quantitative estimate of drug-likeness (QED) is 0.788. The number of carbonyl (C=O) groups excluding carboxylic acids is 1. The molecule has 16 heavy (non-hydrogen) atoms. The zero-order valence-corrected chi connectivity index (χ0v) is 10.8. The van der Waals surface area contributed by atoms with Crippen LogP contribution in [0.4, 0.5) is 0 Å². The summed E-state index contributed by atoms with van der Waals surface area (Å²) in [6, 6.07) is 7.04. The van der Waals surface area contributed by atoms with Crippen molar-refractivity contribution in [2.75, 3.05) is 13.1 Å². The number of hydrogen-bond donors (Lipinski definition) is 0. The van der Waals surface area contributed by atoms with Crippen molar-refractivity contribution in [3.63, 3.8) is 0 Å². The Hall–Kier alpha value is -1.02. The first-order chi connectivity index (χ1) is 7.54. The van der Waals surface area contributed by atoms with Crippen molar-refractivity contribution in [3.05, 3.63) is 34.9 Å². The third-order valence-electron chi connectivity index (χ3n) is 2.35. The molecule has 0 spiro atoms. The Morgan fingerprint density at radius 1 is 1.31 bits per heavy atom. The molecule has 3 heteroatoms. The number of rotatable bonds is 4. The van der Waals surface area contributed by atoms with Gasteiger partial charge < -0.3 is 4.90 Å². The first kappa shape index (κ1) is 13.0. The van der Waals surface area contributed by atoms with Gasteiger partial charge in [-0.25, -0.2) is 0 Å². The highest BCUT2D eigenvalue weighted by Gasteiger charge is 2.14. The summed E-state index contributed by atoms with van der Waals surface area (Å²) >= 11 is 5.79. The van der Waals surface area contributed by atoms with Crippen LogP contribution >= 0.6 is 11.6 Å². The third-order valence-corrected chi connectivity index (χ3v) is 2.60. The molecule has 0 fully saturated rings. The number of carbonyl (C=O) groups is 1. The molecule has 0 aliphatic carbocycles. The lowest BCUT2D eigenvalue weighted by Crippen LogP contribution is -2.33. The van der Waals surface area contributed by atoms with Gasteiger partial charge >= 0.3 is 0 Å². The molecule has 0 unspecified atom stereocenters. The third kappa shape index (κ3) is 3.53. The fraction of sp³-hybridized carbons (Fsp3) is 0.462. The van der Waals surface area contributed by atoms with Gasteiger partial charge in [-0.3, -0.25) is 4.79 Å². The average Bonchev–Trinajstić information content (AvgIpc) is 2.25. The van der Waals surface area contributed by atoms with E-state index < -0.39 is 0 Å². The lowest BCUT2D eigenvalue weighted by molar-refractivity contribution is 0.0746. The van der Waals surface area contributed by atoms with Crippen LogP contribution in [0, 0.1) is 5.92 Å². The number of benzene rings is 1. The van der Waals surface area contributed by atoms with Crippen molar-refractivity contribution in [1.29, 1.82) is 0 Å². The second kappa shape index (κ2) is 5.90. The molecule has 0 atom stereocenters. The fourth-order valence-corrected chi connectivity index (χ4v) is 1.70. The summed E-state index contributed by atoms with van der Waals surface area (Å²) in [5.74, 6) is 0.559. The van der Waals surface area contributed by atoms with Crippen molar-refractivity contribution in [2.24, 2.45) is 5.92 Å². The van der Waals surface area contributed by atoms with E-state index in [9.17, 15) is 4.79 Å². The second-order valence-corrected chi connectivity index (χ2v) is 4.68. The van der Waals surface area contributed by atoms with E-state index in [1.807, 2.05) is 11.8 Å². The molecule has 0 heterocycles. The molecule has 0 aliphatic heterocycles. The van der Waals surface area contributed by atoms with Crippen LogP contribution in [0.25, 0.3) is 0 Å². The molecule has 1 amide bonds. The Bertz CT molecular complexity index is 345. The van der Waals surface area contributed by atoms with E-state index in [1.54, 1.807) is 24.3 Å². The van der Waals surface area contributed by atoms with E-state index in [0.717, 1.165) is 13.1 Å². The number of nitrogens with zero attached hydrogens (tertiary/aromatic N) is 1. The summed E-state index contributed by atoms with van der Waals surface area (Å²) in [6.07, 6.45) is 0. The number of halogens is 1. The lowest BCUT2D eigenvalue weighted by atomic mass is 10.1. The smallest absolute Gasteiger partial charge is 0.253 e. The fourth-order valence-electron chi connectivity index (χ4n) is 1.57. The molecule has 1 aromatic rings. The van der Waals surface area contributed by atoms with Crippen LogP contribution in [0.15, 0.2) is 24.3 Å². The van der Waals surface area contributed by atoms with Crippen molar-refractivity contribution in [3.8, 4) is 0 Å². The maximum Gasteiger partial charge on any atom is 0.253 e. The van der Waals surface area contributed by atoms with Gasteiger partial charge in [0, 0.05) is 23.7 Å². The molecule has 0 aliphatic rings. The van der Waals surface area contributed by atoms with Crippen LogP contribution in [0.3, 0.4) is 0 Å².